The Morgan fingerprint density at radius 1 is 1.36 bits per heavy atom. The van der Waals surface area contributed by atoms with Crippen LogP contribution in [0.15, 0.2) is 17.1 Å². The number of morpholine rings is 1. The smallest absolute Gasteiger partial charge is 0.325 e. The topological polar surface area (TPSA) is 77.5 Å². The van der Waals surface area contributed by atoms with Crippen LogP contribution in [0.4, 0.5) is 4.79 Å². The van der Waals surface area contributed by atoms with Crippen LogP contribution < -0.4 is 5.32 Å². The summed E-state index contributed by atoms with van der Waals surface area (Å²) in [5, 5.41) is 2.40. The molecule has 2 unspecified atom stereocenters. The molecule has 8 heteroatoms. The molecule has 0 saturated carbocycles. The number of carbonyl (C=O) groups excluding carboxylic acids is 2. The summed E-state index contributed by atoms with van der Waals surface area (Å²) in [5.41, 5.74) is 0. The minimum atomic E-state index is -0.475. The first-order valence-electron chi connectivity index (χ1n) is 7.49. The molecule has 0 aromatic carbocycles. The molecule has 0 aromatic heterocycles. The van der Waals surface area contributed by atoms with Gasteiger partial charge in [0.05, 0.1) is 13.2 Å². The van der Waals surface area contributed by atoms with Gasteiger partial charge in [-0.25, -0.2) is 9.79 Å². The highest BCUT2D eigenvalue weighted by Crippen LogP contribution is 2.25. The van der Waals surface area contributed by atoms with Crippen LogP contribution in [0, 0.1) is 0 Å². The van der Waals surface area contributed by atoms with E-state index in [1.54, 1.807) is 7.05 Å². The summed E-state index contributed by atoms with van der Waals surface area (Å²) in [7, 11) is 1.67. The normalized spacial score (nSPS) is 29.0. The van der Waals surface area contributed by atoms with Crippen LogP contribution in [0.3, 0.4) is 0 Å². The summed E-state index contributed by atoms with van der Waals surface area (Å²) in [5.74, 6) is 0.484. The Labute approximate surface area is 129 Å². The van der Waals surface area contributed by atoms with Crippen molar-refractivity contribution < 1.29 is 14.3 Å². The Hall–Kier alpha value is -2.09. The van der Waals surface area contributed by atoms with Gasteiger partial charge < -0.3 is 19.4 Å². The van der Waals surface area contributed by atoms with Crippen LogP contribution >= 0.6 is 0 Å². The van der Waals surface area contributed by atoms with E-state index in [4.69, 9.17) is 4.74 Å². The van der Waals surface area contributed by atoms with Crippen molar-refractivity contribution >= 4 is 17.9 Å². The van der Waals surface area contributed by atoms with Gasteiger partial charge in [0, 0.05) is 26.7 Å². The number of hydrogen-bond acceptors (Lipinski definition) is 6. The van der Waals surface area contributed by atoms with E-state index >= 15 is 0 Å². The highest BCUT2D eigenvalue weighted by atomic mass is 16.5. The first-order chi connectivity index (χ1) is 10.6. The van der Waals surface area contributed by atoms with E-state index in [1.807, 2.05) is 24.0 Å². The van der Waals surface area contributed by atoms with Crippen molar-refractivity contribution in [2.24, 2.45) is 4.99 Å². The molecule has 120 valence electrons. The van der Waals surface area contributed by atoms with E-state index in [0.29, 0.717) is 19.8 Å². The van der Waals surface area contributed by atoms with Gasteiger partial charge in [-0.05, 0) is 6.92 Å². The Morgan fingerprint density at radius 2 is 2.09 bits per heavy atom. The summed E-state index contributed by atoms with van der Waals surface area (Å²) in [4.78, 5) is 34.4. The maximum Gasteiger partial charge on any atom is 0.325 e. The molecule has 2 fully saturated rings. The second-order valence-electron chi connectivity index (χ2n) is 5.51. The van der Waals surface area contributed by atoms with Crippen LogP contribution in [0.25, 0.3) is 0 Å². The lowest BCUT2D eigenvalue weighted by Gasteiger charge is -2.38. The van der Waals surface area contributed by atoms with Crippen molar-refractivity contribution in [3.63, 3.8) is 0 Å². The van der Waals surface area contributed by atoms with Crippen molar-refractivity contribution in [3.05, 3.63) is 12.2 Å². The monoisotopic (exact) mass is 307 g/mol. The molecule has 0 aliphatic carbocycles. The molecule has 3 heterocycles. The number of ether oxygens (including phenoxy) is 1. The van der Waals surface area contributed by atoms with Gasteiger partial charge in [0.2, 0.25) is 0 Å². The standard InChI is InChI=1S/C14H21N5O3/c1-3-4-5-19-10-11(17(2)14(21)16-12(10)20)15-13(19)18-6-8-22-9-7-18/h3-4,10-11H,5-9H2,1-2H3,(H,16,20,21)/b4-3+. The SMILES string of the molecule is C/C=C/CN1C(N2CCOCC2)=NC2C1C(=O)NC(=O)N2C. The quantitative estimate of drug-likeness (QED) is 0.692. The Morgan fingerprint density at radius 3 is 2.77 bits per heavy atom. The summed E-state index contributed by atoms with van der Waals surface area (Å²) in [6.07, 6.45) is 3.46. The summed E-state index contributed by atoms with van der Waals surface area (Å²) < 4.78 is 5.38. The van der Waals surface area contributed by atoms with Gasteiger partial charge in [0.15, 0.2) is 18.2 Å². The summed E-state index contributed by atoms with van der Waals surface area (Å²) >= 11 is 0. The van der Waals surface area contributed by atoms with E-state index in [-0.39, 0.29) is 5.91 Å². The molecule has 2 atom stereocenters. The third-order valence-electron chi connectivity index (χ3n) is 4.17. The predicted molar refractivity (Wildman–Crippen MR) is 80.2 cm³/mol. The number of fused-ring (bicyclic) bond motifs is 1. The van der Waals surface area contributed by atoms with Crippen molar-refractivity contribution in [3.8, 4) is 0 Å². The summed E-state index contributed by atoms with van der Waals surface area (Å²) in [6, 6.07) is -0.874. The van der Waals surface area contributed by atoms with Gasteiger partial charge in [0.25, 0.3) is 5.91 Å². The lowest BCUT2D eigenvalue weighted by atomic mass is 10.1. The number of nitrogens with one attached hydrogen (secondary N) is 1. The molecule has 0 bridgehead atoms. The molecule has 0 aromatic rings. The van der Waals surface area contributed by atoms with Gasteiger partial charge >= 0.3 is 6.03 Å². The number of allylic oxidation sites excluding steroid dienone is 1. The number of guanidine groups is 1. The Balaban J connectivity index is 1.91. The molecule has 0 radical (unpaired) electrons. The van der Waals surface area contributed by atoms with E-state index in [9.17, 15) is 9.59 Å². The highest BCUT2D eigenvalue weighted by molar-refractivity contribution is 6.03. The van der Waals surface area contributed by atoms with E-state index in [2.05, 4.69) is 15.2 Å². The van der Waals surface area contributed by atoms with E-state index in [1.165, 1.54) is 4.90 Å². The molecule has 0 spiro atoms. The lowest BCUT2D eigenvalue weighted by molar-refractivity contribution is -0.127. The molecule has 3 aliphatic heterocycles. The van der Waals surface area contributed by atoms with Gasteiger partial charge in [0.1, 0.15) is 0 Å². The minimum Gasteiger partial charge on any atom is -0.378 e. The fourth-order valence-electron chi connectivity index (χ4n) is 2.95. The van der Waals surface area contributed by atoms with Gasteiger partial charge in [-0.3, -0.25) is 10.1 Å². The molecule has 22 heavy (non-hydrogen) atoms. The van der Waals surface area contributed by atoms with Crippen LogP contribution in [-0.4, -0.2) is 84.7 Å². The van der Waals surface area contributed by atoms with Crippen molar-refractivity contribution in [1.29, 1.82) is 0 Å². The fraction of sp³-hybridized carbons (Fsp3) is 0.643. The molecule has 3 rings (SSSR count). The molecule has 3 aliphatic rings. The average Bonchev–Trinajstić information content (AvgIpc) is 2.91. The molecular formula is C14H21N5O3. The van der Waals surface area contributed by atoms with Crippen LogP contribution in [0.5, 0.6) is 0 Å². The van der Waals surface area contributed by atoms with Gasteiger partial charge in [-0.15, -0.1) is 0 Å². The fourth-order valence-corrected chi connectivity index (χ4v) is 2.95. The number of imide groups is 1. The zero-order valence-corrected chi connectivity index (χ0v) is 12.9. The van der Waals surface area contributed by atoms with Crippen LogP contribution in [0.2, 0.25) is 0 Å². The second-order valence-corrected chi connectivity index (χ2v) is 5.51. The molecule has 8 nitrogen and oxygen atoms in total. The molecule has 3 amide bonds. The second kappa shape index (κ2) is 5.96. The lowest BCUT2D eigenvalue weighted by Crippen LogP contribution is -2.64. The Bertz CT molecular complexity index is 527. The first-order valence-corrected chi connectivity index (χ1v) is 7.49. The van der Waals surface area contributed by atoms with Crippen LogP contribution in [0.1, 0.15) is 6.92 Å². The van der Waals surface area contributed by atoms with Crippen molar-refractivity contribution in [2.75, 3.05) is 39.9 Å². The van der Waals surface area contributed by atoms with Crippen molar-refractivity contribution in [2.45, 2.75) is 19.1 Å². The highest BCUT2D eigenvalue weighted by Gasteiger charge is 2.49. The summed E-state index contributed by atoms with van der Waals surface area (Å²) in [6.45, 7) is 5.30. The van der Waals surface area contributed by atoms with E-state index < -0.39 is 18.2 Å². The number of rotatable bonds is 2. The molecular weight excluding hydrogens is 286 g/mol. The minimum absolute atomic E-state index is 0.287. The van der Waals surface area contributed by atoms with E-state index in [0.717, 1.165) is 19.0 Å². The third-order valence-corrected chi connectivity index (χ3v) is 4.17. The number of nitrogens with zero attached hydrogens (tertiary/aromatic N) is 4. The van der Waals surface area contributed by atoms with Crippen LogP contribution in [-0.2, 0) is 9.53 Å². The first kappa shape index (κ1) is 14.8. The average molecular weight is 307 g/mol. The maximum absolute atomic E-state index is 12.3. The predicted octanol–water partition coefficient (Wildman–Crippen LogP) is -0.557. The number of urea groups is 1. The van der Waals surface area contributed by atoms with Gasteiger partial charge in [-0.2, -0.15) is 0 Å². The molecule has 2 saturated heterocycles. The van der Waals surface area contributed by atoms with Crippen molar-refractivity contribution in [1.82, 2.24) is 20.0 Å². The number of hydrogen-bond donors (Lipinski definition) is 1. The number of amides is 3. The third kappa shape index (κ3) is 2.43. The Kier molecular flexibility index (Phi) is 4.02. The number of likely N-dealkylation sites (N-methyl/N-ethyl adjacent to an activating group) is 1. The zero-order chi connectivity index (χ0) is 15.7. The molecule has 1 N–H and O–H groups in total. The zero-order valence-electron chi connectivity index (χ0n) is 12.9. The number of aliphatic imine (C=N–C) groups is 1. The largest absolute Gasteiger partial charge is 0.378 e. The maximum atomic E-state index is 12.3. The van der Waals surface area contributed by atoms with Gasteiger partial charge in [-0.1, -0.05) is 12.2 Å². The number of carbonyl (C=O) groups is 2.